The van der Waals surface area contributed by atoms with Gasteiger partial charge >= 0.3 is 0 Å². The predicted octanol–water partition coefficient (Wildman–Crippen LogP) is 3.34. The van der Waals surface area contributed by atoms with E-state index < -0.39 is 0 Å². The maximum Gasteiger partial charge on any atom is 0.229 e. The van der Waals surface area contributed by atoms with Crippen molar-refractivity contribution in [2.75, 3.05) is 7.11 Å². The number of methoxy groups -OCH3 is 1. The van der Waals surface area contributed by atoms with Crippen LogP contribution in [0.25, 0.3) is 0 Å². The maximum absolute atomic E-state index is 12.6. The standard InChI is InChI=1S/C17H20O3/c1-11-9-13(3-4-14(11)20-2)15(18)16(19)17-7-5-12(10-17)6-8-17/h3-4,9,12H,5-8,10H2,1-2H3. The zero-order valence-electron chi connectivity index (χ0n) is 12.1. The van der Waals surface area contributed by atoms with Crippen LogP contribution in [-0.2, 0) is 4.79 Å². The highest BCUT2D eigenvalue weighted by atomic mass is 16.5. The van der Waals surface area contributed by atoms with Crippen molar-refractivity contribution in [2.24, 2.45) is 11.3 Å². The average molecular weight is 272 g/mol. The highest BCUT2D eigenvalue weighted by molar-refractivity contribution is 6.45. The number of rotatable bonds is 4. The second kappa shape index (κ2) is 4.72. The van der Waals surface area contributed by atoms with Crippen LogP contribution in [0.3, 0.4) is 0 Å². The van der Waals surface area contributed by atoms with Gasteiger partial charge in [0, 0.05) is 11.0 Å². The Hall–Kier alpha value is -1.64. The molecule has 1 aromatic rings. The minimum absolute atomic E-state index is 0.165. The second-order valence-corrected chi connectivity index (χ2v) is 6.27. The van der Waals surface area contributed by atoms with Crippen molar-refractivity contribution >= 4 is 11.6 Å². The fraction of sp³-hybridized carbons (Fsp3) is 0.529. The first-order valence-corrected chi connectivity index (χ1v) is 7.29. The molecule has 0 aromatic heterocycles. The van der Waals surface area contributed by atoms with E-state index in [0.717, 1.165) is 43.4 Å². The summed E-state index contributed by atoms with van der Waals surface area (Å²) >= 11 is 0. The molecule has 0 heterocycles. The molecule has 0 N–H and O–H groups in total. The number of hydrogen-bond acceptors (Lipinski definition) is 3. The minimum Gasteiger partial charge on any atom is -0.496 e. The summed E-state index contributed by atoms with van der Waals surface area (Å²) in [5, 5.41) is 0. The molecule has 0 spiro atoms. The summed E-state index contributed by atoms with van der Waals surface area (Å²) in [5.41, 5.74) is 1.05. The minimum atomic E-state index is -0.338. The van der Waals surface area contributed by atoms with E-state index >= 15 is 0 Å². The van der Waals surface area contributed by atoms with Crippen LogP contribution in [0.2, 0.25) is 0 Å². The summed E-state index contributed by atoms with van der Waals surface area (Å²) in [7, 11) is 1.60. The highest BCUT2D eigenvalue weighted by Gasteiger charge is 2.51. The smallest absolute Gasteiger partial charge is 0.229 e. The van der Waals surface area contributed by atoms with Crippen molar-refractivity contribution in [2.45, 2.75) is 39.0 Å². The lowest BCUT2D eigenvalue weighted by Gasteiger charge is -2.23. The van der Waals surface area contributed by atoms with E-state index in [2.05, 4.69) is 0 Å². The van der Waals surface area contributed by atoms with Crippen LogP contribution in [0.4, 0.5) is 0 Å². The van der Waals surface area contributed by atoms with Gasteiger partial charge in [0.25, 0.3) is 0 Å². The molecular formula is C17H20O3. The first kappa shape index (κ1) is 13.3. The number of hydrogen-bond donors (Lipinski definition) is 0. The van der Waals surface area contributed by atoms with Gasteiger partial charge in [-0.3, -0.25) is 9.59 Å². The van der Waals surface area contributed by atoms with Gasteiger partial charge in [-0.15, -0.1) is 0 Å². The third kappa shape index (κ3) is 1.96. The number of carbonyl (C=O) groups is 2. The molecule has 3 nitrogen and oxygen atoms in total. The molecule has 2 aliphatic carbocycles. The Morgan fingerprint density at radius 3 is 2.45 bits per heavy atom. The van der Waals surface area contributed by atoms with Crippen molar-refractivity contribution in [3.05, 3.63) is 29.3 Å². The lowest BCUT2D eigenvalue weighted by molar-refractivity contribution is -0.123. The normalized spacial score (nSPS) is 27.6. The number of ether oxygens (including phenoxy) is 1. The number of carbonyl (C=O) groups excluding carboxylic acids is 2. The first-order valence-electron chi connectivity index (χ1n) is 7.29. The van der Waals surface area contributed by atoms with Gasteiger partial charge < -0.3 is 4.74 Å². The molecule has 2 bridgehead atoms. The molecule has 0 saturated heterocycles. The number of Topliss-reactive ketones (excluding diaryl/α,β-unsaturated/α-hetero) is 2. The Bertz CT molecular complexity index is 566. The Kier molecular flexibility index (Phi) is 3.15. The Morgan fingerprint density at radius 2 is 1.95 bits per heavy atom. The van der Waals surface area contributed by atoms with E-state index in [1.54, 1.807) is 25.3 Å². The summed E-state index contributed by atoms with van der Waals surface area (Å²) in [4.78, 5) is 25.1. The summed E-state index contributed by atoms with van der Waals surface area (Å²) < 4.78 is 5.19. The van der Waals surface area contributed by atoms with Crippen molar-refractivity contribution in [1.82, 2.24) is 0 Å². The molecule has 2 saturated carbocycles. The molecule has 2 fully saturated rings. The van der Waals surface area contributed by atoms with E-state index in [1.807, 2.05) is 6.92 Å². The quantitative estimate of drug-likeness (QED) is 0.623. The Labute approximate surface area is 119 Å². The highest BCUT2D eigenvalue weighted by Crippen LogP contribution is 2.54. The zero-order chi connectivity index (χ0) is 14.3. The van der Waals surface area contributed by atoms with Crippen LogP contribution in [0.5, 0.6) is 5.75 Å². The Morgan fingerprint density at radius 1 is 1.25 bits per heavy atom. The Balaban J connectivity index is 1.85. The van der Waals surface area contributed by atoms with E-state index in [9.17, 15) is 9.59 Å². The van der Waals surface area contributed by atoms with Crippen LogP contribution in [0.1, 0.15) is 48.0 Å². The molecule has 0 aliphatic heterocycles. The molecular weight excluding hydrogens is 252 g/mol. The molecule has 106 valence electrons. The summed E-state index contributed by atoms with van der Waals surface area (Å²) in [6, 6.07) is 5.22. The zero-order valence-corrected chi connectivity index (χ0v) is 12.1. The molecule has 2 aliphatic rings. The van der Waals surface area contributed by atoms with Gasteiger partial charge in [0.1, 0.15) is 5.75 Å². The molecule has 3 heteroatoms. The monoisotopic (exact) mass is 272 g/mol. The third-order valence-electron chi connectivity index (χ3n) is 5.09. The SMILES string of the molecule is COc1ccc(C(=O)C(=O)C23CCC(CC2)C3)cc1C. The van der Waals surface area contributed by atoms with E-state index in [1.165, 1.54) is 0 Å². The van der Waals surface area contributed by atoms with E-state index in [4.69, 9.17) is 4.74 Å². The van der Waals surface area contributed by atoms with Crippen LogP contribution in [-0.4, -0.2) is 18.7 Å². The van der Waals surface area contributed by atoms with Gasteiger partial charge in [0.2, 0.25) is 11.6 Å². The van der Waals surface area contributed by atoms with Crippen molar-refractivity contribution in [3.8, 4) is 5.75 Å². The summed E-state index contributed by atoms with van der Waals surface area (Å²) in [6.45, 7) is 1.89. The molecule has 3 rings (SSSR count). The molecule has 0 radical (unpaired) electrons. The first-order chi connectivity index (χ1) is 9.55. The molecule has 1 aromatic carbocycles. The van der Waals surface area contributed by atoms with Gasteiger partial charge in [-0.25, -0.2) is 0 Å². The van der Waals surface area contributed by atoms with Crippen LogP contribution >= 0.6 is 0 Å². The fourth-order valence-electron chi connectivity index (χ4n) is 3.90. The van der Waals surface area contributed by atoms with Crippen molar-refractivity contribution in [1.29, 1.82) is 0 Å². The fourth-order valence-corrected chi connectivity index (χ4v) is 3.90. The molecule has 0 amide bonds. The van der Waals surface area contributed by atoms with Gasteiger partial charge in [-0.1, -0.05) is 0 Å². The molecule has 0 atom stereocenters. The van der Waals surface area contributed by atoms with E-state index in [-0.39, 0.29) is 17.0 Å². The maximum atomic E-state index is 12.6. The summed E-state index contributed by atoms with van der Waals surface area (Å²) in [6.07, 6.45) is 4.95. The van der Waals surface area contributed by atoms with Crippen molar-refractivity contribution in [3.63, 3.8) is 0 Å². The lowest BCUT2D eigenvalue weighted by Crippen LogP contribution is -2.33. The van der Waals surface area contributed by atoms with Gasteiger partial charge in [-0.2, -0.15) is 0 Å². The number of ketones is 2. The molecule has 0 unspecified atom stereocenters. The largest absolute Gasteiger partial charge is 0.496 e. The van der Waals surface area contributed by atoms with Gasteiger partial charge in [-0.05, 0) is 68.7 Å². The van der Waals surface area contributed by atoms with Gasteiger partial charge in [0.05, 0.1) is 7.11 Å². The van der Waals surface area contributed by atoms with Crippen LogP contribution in [0.15, 0.2) is 18.2 Å². The number of aryl methyl sites for hydroxylation is 1. The van der Waals surface area contributed by atoms with E-state index in [0.29, 0.717) is 11.5 Å². The third-order valence-corrected chi connectivity index (χ3v) is 5.09. The second-order valence-electron chi connectivity index (χ2n) is 6.27. The number of fused-ring (bicyclic) bond motifs is 2. The predicted molar refractivity (Wildman–Crippen MR) is 76.1 cm³/mol. The van der Waals surface area contributed by atoms with Gasteiger partial charge in [0.15, 0.2) is 0 Å². The van der Waals surface area contributed by atoms with Crippen LogP contribution < -0.4 is 4.74 Å². The molecule has 20 heavy (non-hydrogen) atoms. The topological polar surface area (TPSA) is 43.4 Å². The van der Waals surface area contributed by atoms with Crippen molar-refractivity contribution < 1.29 is 14.3 Å². The van der Waals surface area contributed by atoms with Crippen LogP contribution in [0, 0.1) is 18.3 Å². The summed E-state index contributed by atoms with van der Waals surface area (Å²) in [5.74, 6) is 0.929. The lowest BCUT2D eigenvalue weighted by atomic mass is 9.77. The number of benzene rings is 1. The average Bonchev–Trinajstić information content (AvgIpc) is 3.07.